The smallest absolute Gasteiger partial charge is 0.220 e. The maximum Gasteiger partial charge on any atom is 0.220 e. The van der Waals surface area contributed by atoms with Gasteiger partial charge in [-0.05, 0) is 43.4 Å². The summed E-state index contributed by atoms with van der Waals surface area (Å²) in [6.45, 7) is 3.24. The van der Waals surface area contributed by atoms with Gasteiger partial charge in [-0.3, -0.25) is 4.79 Å². The van der Waals surface area contributed by atoms with Gasteiger partial charge in [0.05, 0.1) is 0 Å². The summed E-state index contributed by atoms with van der Waals surface area (Å²) in [4.78, 5) is 11.1. The molecular formula is C12H21NO. The van der Waals surface area contributed by atoms with E-state index < -0.39 is 0 Å². The first-order valence-electron chi connectivity index (χ1n) is 6.01. The fourth-order valence-corrected chi connectivity index (χ4v) is 2.97. The van der Waals surface area contributed by atoms with Crippen LogP contribution >= 0.6 is 0 Å². The van der Waals surface area contributed by atoms with Crippen molar-refractivity contribution in [2.24, 2.45) is 11.3 Å². The Hall–Kier alpha value is -0.530. The predicted molar refractivity (Wildman–Crippen MR) is 56.9 cm³/mol. The Kier molecular flexibility index (Phi) is 2.80. The van der Waals surface area contributed by atoms with Crippen LogP contribution in [-0.2, 0) is 4.79 Å². The van der Waals surface area contributed by atoms with Crippen LogP contribution < -0.4 is 5.32 Å². The zero-order valence-corrected chi connectivity index (χ0v) is 9.14. The van der Waals surface area contributed by atoms with Gasteiger partial charge in [-0.25, -0.2) is 0 Å². The van der Waals surface area contributed by atoms with E-state index >= 15 is 0 Å². The maximum atomic E-state index is 11.1. The minimum atomic E-state index is 0.258. The average Bonchev–Trinajstić information content (AvgIpc) is 2.24. The second kappa shape index (κ2) is 3.92. The molecule has 0 aromatic rings. The largest absolute Gasteiger partial charge is 0.356 e. The van der Waals surface area contributed by atoms with E-state index in [2.05, 4.69) is 12.2 Å². The molecule has 0 unspecified atom stereocenters. The molecule has 1 heterocycles. The van der Waals surface area contributed by atoms with Crippen LogP contribution in [0, 0.1) is 11.3 Å². The highest BCUT2D eigenvalue weighted by atomic mass is 16.1. The Balaban J connectivity index is 1.89. The average molecular weight is 195 g/mol. The van der Waals surface area contributed by atoms with E-state index in [-0.39, 0.29) is 5.91 Å². The van der Waals surface area contributed by atoms with Gasteiger partial charge in [0.2, 0.25) is 5.91 Å². The van der Waals surface area contributed by atoms with E-state index in [0.29, 0.717) is 5.41 Å². The highest BCUT2D eigenvalue weighted by Crippen LogP contribution is 2.43. The van der Waals surface area contributed by atoms with Crippen LogP contribution in [-0.4, -0.2) is 12.5 Å². The van der Waals surface area contributed by atoms with E-state index in [1.807, 2.05) is 0 Å². The van der Waals surface area contributed by atoms with Gasteiger partial charge in [0, 0.05) is 13.0 Å². The van der Waals surface area contributed by atoms with Crippen LogP contribution in [0.15, 0.2) is 0 Å². The van der Waals surface area contributed by atoms with E-state index in [0.717, 1.165) is 25.3 Å². The molecule has 1 N–H and O–H groups in total. The highest BCUT2D eigenvalue weighted by Gasteiger charge is 2.37. The summed E-state index contributed by atoms with van der Waals surface area (Å²) in [5.74, 6) is 1.21. The predicted octanol–water partition coefficient (Wildman–Crippen LogP) is 2.48. The third-order valence-electron chi connectivity index (χ3n) is 4.29. The van der Waals surface area contributed by atoms with Crippen LogP contribution in [0.5, 0.6) is 0 Å². The molecule has 2 heteroatoms. The summed E-state index contributed by atoms with van der Waals surface area (Å²) in [6, 6.07) is 0. The summed E-state index contributed by atoms with van der Waals surface area (Å²) in [5.41, 5.74) is 0.486. The molecule has 1 amide bonds. The lowest BCUT2D eigenvalue weighted by Crippen LogP contribution is -2.45. The number of amides is 1. The number of piperidine rings is 1. The molecule has 1 aliphatic heterocycles. The van der Waals surface area contributed by atoms with Crippen LogP contribution in [0.1, 0.15) is 51.9 Å². The van der Waals surface area contributed by atoms with Crippen molar-refractivity contribution >= 4 is 5.91 Å². The quantitative estimate of drug-likeness (QED) is 0.684. The van der Waals surface area contributed by atoms with Crippen molar-refractivity contribution in [1.82, 2.24) is 5.32 Å². The van der Waals surface area contributed by atoms with E-state index in [1.54, 1.807) is 0 Å². The standard InChI is InChI=1S/C12H21NO/c1-2-10-3-6-12(7-4-10)8-5-11(14)13-9-12/h10H,2-9H2,1H3,(H,13,14). The zero-order chi connectivity index (χ0) is 10.0. The molecule has 14 heavy (non-hydrogen) atoms. The molecule has 0 aromatic carbocycles. The van der Waals surface area contributed by atoms with Gasteiger partial charge in [-0.15, -0.1) is 0 Å². The Morgan fingerprint density at radius 1 is 1.36 bits per heavy atom. The number of hydrogen-bond acceptors (Lipinski definition) is 1. The minimum absolute atomic E-state index is 0.258. The first-order valence-corrected chi connectivity index (χ1v) is 6.01. The number of rotatable bonds is 1. The summed E-state index contributed by atoms with van der Waals surface area (Å²) >= 11 is 0. The van der Waals surface area contributed by atoms with Crippen molar-refractivity contribution in [1.29, 1.82) is 0 Å². The summed E-state index contributed by atoms with van der Waals surface area (Å²) in [6.07, 6.45) is 8.67. The third kappa shape index (κ3) is 1.94. The van der Waals surface area contributed by atoms with E-state index in [4.69, 9.17) is 0 Å². The molecule has 1 spiro atoms. The first kappa shape index (κ1) is 10.0. The number of hydrogen-bond donors (Lipinski definition) is 1. The molecule has 80 valence electrons. The number of carbonyl (C=O) groups excluding carboxylic acids is 1. The fraction of sp³-hybridized carbons (Fsp3) is 0.917. The van der Waals surface area contributed by atoms with Crippen LogP contribution in [0.25, 0.3) is 0 Å². The first-order chi connectivity index (χ1) is 6.74. The molecule has 2 rings (SSSR count). The van der Waals surface area contributed by atoms with Gasteiger partial charge < -0.3 is 5.32 Å². The normalized spacial score (nSPS) is 38.4. The molecule has 1 saturated heterocycles. The van der Waals surface area contributed by atoms with Gasteiger partial charge in [0.1, 0.15) is 0 Å². The van der Waals surface area contributed by atoms with Crippen molar-refractivity contribution in [3.63, 3.8) is 0 Å². The molecule has 2 aliphatic rings. The van der Waals surface area contributed by atoms with Crippen molar-refractivity contribution in [3.05, 3.63) is 0 Å². The van der Waals surface area contributed by atoms with Crippen LogP contribution in [0.2, 0.25) is 0 Å². The molecule has 2 fully saturated rings. The monoisotopic (exact) mass is 195 g/mol. The fourth-order valence-electron chi connectivity index (χ4n) is 2.97. The number of nitrogens with one attached hydrogen (secondary N) is 1. The van der Waals surface area contributed by atoms with E-state index in [9.17, 15) is 4.79 Å². The Bertz CT molecular complexity index is 204. The van der Waals surface area contributed by atoms with Crippen LogP contribution in [0.3, 0.4) is 0 Å². The lowest BCUT2D eigenvalue weighted by Gasteiger charge is -2.42. The topological polar surface area (TPSA) is 29.1 Å². The molecule has 0 aromatic heterocycles. The molecule has 0 bridgehead atoms. The molecule has 0 radical (unpaired) electrons. The summed E-state index contributed by atoms with van der Waals surface area (Å²) in [7, 11) is 0. The van der Waals surface area contributed by atoms with Crippen LogP contribution in [0.4, 0.5) is 0 Å². The summed E-state index contributed by atoms with van der Waals surface area (Å²) < 4.78 is 0. The highest BCUT2D eigenvalue weighted by molar-refractivity contribution is 5.76. The SMILES string of the molecule is CCC1CCC2(CCC(=O)NC2)CC1. The molecule has 2 nitrogen and oxygen atoms in total. The molecule has 0 atom stereocenters. The Morgan fingerprint density at radius 3 is 2.57 bits per heavy atom. The molecular weight excluding hydrogens is 174 g/mol. The zero-order valence-electron chi connectivity index (χ0n) is 9.14. The van der Waals surface area contributed by atoms with Gasteiger partial charge in [-0.2, -0.15) is 0 Å². The van der Waals surface area contributed by atoms with Gasteiger partial charge in [-0.1, -0.05) is 13.3 Å². The minimum Gasteiger partial charge on any atom is -0.356 e. The van der Waals surface area contributed by atoms with Crippen molar-refractivity contribution < 1.29 is 4.79 Å². The second-order valence-corrected chi connectivity index (χ2v) is 5.13. The third-order valence-corrected chi connectivity index (χ3v) is 4.29. The van der Waals surface area contributed by atoms with Gasteiger partial charge >= 0.3 is 0 Å². The van der Waals surface area contributed by atoms with Gasteiger partial charge in [0.25, 0.3) is 0 Å². The van der Waals surface area contributed by atoms with Crippen molar-refractivity contribution in [2.45, 2.75) is 51.9 Å². The van der Waals surface area contributed by atoms with Crippen molar-refractivity contribution in [2.75, 3.05) is 6.54 Å². The Morgan fingerprint density at radius 2 is 2.07 bits per heavy atom. The maximum absolute atomic E-state index is 11.1. The lowest BCUT2D eigenvalue weighted by atomic mass is 9.66. The van der Waals surface area contributed by atoms with Crippen molar-refractivity contribution in [3.8, 4) is 0 Å². The lowest BCUT2D eigenvalue weighted by molar-refractivity contribution is -0.125. The van der Waals surface area contributed by atoms with E-state index in [1.165, 1.54) is 32.1 Å². The Labute approximate surface area is 86.5 Å². The molecule has 1 aliphatic carbocycles. The summed E-state index contributed by atoms with van der Waals surface area (Å²) in [5, 5.41) is 3.04. The molecule has 1 saturated carbocycles. The second-order valence-electron chi connectivity index (χ2n) is 5.13. The van der Waals surface area contributed by atoms with Gasteiger partial charge in [0.15, 0.2) is 0 Å². The number of carbonyl (C=O) groups is 1.